The number of hydrogen-bond acceptors (Lipinski definition) is 5. The van der Waals surface area contributed by atoms with Crippen molar-refractivity contribution in [1.82, 2.24) is 9.13 Å². The number of rotatable bonds is 5. The lowest BCUT2D eigenvalue weighted by Gasteiger charge is -2.06. The number of hydrogen-bond donors (Lipinski definition) is 1. The summed E-state index contributed by atoms with van der Waals surface area (Å²) < 4.78 is 7.39. The number of carbonyl (C=O) groups is 2. The van der Waals surface area contributed by atoms with Crippen molar-refractivity contribution in [3.05, 3.63) is 98.8 Å². The highest BCUT2D eigenvalue weighted by atomic mass is 16.5. The largest absolute Gasteiger partial charge is 0.423 e. The van der Waals surface area contributed by atoms with Crippen molar-refractivity contribution in [2.24, 2.45) is 14.1 Å². The zero-order chi connectivity index (χ0) is 21.7. The third-order valence-corrected chi connectivity index (χ3v) is 4.24. The van der Waals surface area contributed by atoms with Crippen LogP contribution in [-0.4, -0.2) is 21.0 Å². The van der Waals surface area contributed by atoms with Gasteiger partial charge in [-0.15, -0.1) is 0 Å². The van der Waals surface area contributed by atoms with E-state index in [0.29, 0.717) is 11.3 Å². The summed E-state index contributed by atoms with van der Waals surface area (Å²) in [5, 5.41) is 2.75. The van der Waals surface area contributed by atoms with Crippen molar-refractivity contribution >= 4 is 23.6 Å². The fourth-order valence-electron chi connectivity index (χ4n) is 2.66. The number of ether oxygens (including phenoxy) is 1. The number of benzene rings is 2. The summed E-state index contributed by atoms with van der Waals surface area (Å²) in [6.07, 6.45) is 3.74. The number of esters is 1. The molecule has 30 heavy (non-hydrogen) atoms. The van der Waals surface area contributed by atoms with Crippen LogP contribution in [0.25, 0.3) is 6.08 Å². The number of aryl methyl sites for hydroxylation is 1. The molecule has 0 saturated carbocycles. The van der Waals surface area contributed by atoms with Gasteiger partial charge < -0.3 is 14.6 Å². The molecule has 2 aromatic carbocycles. The fraction of sp³-hybridized carbons (Fsp3) is 0.0909. The second-order valence-corrected chi connectivity index (χ2v) is 6.44. The van der Waals surface area contributed by atoms with Gasteiger partial charge in [0.1, 0.15) is 5.75 Å². The predicted molar refractivity (Wildman–Crippen MR) is 112 cm³/mol. The van der Waals surface area contributed by atoms with E-state index in [2.05, 4.69) is 5.32 Å². The predicted octanol–water partition coefficient (Wildman–Crippen LogP) is 1.96. The maximum atomic E-state index is 12.1. The highest BCUT2D eigenvalue weighted by Crippen LogP contribution is 2.17. The molecule has 1 heterocycles. The maximum absolute atomic E-state index is 12.1. The average molecular weight is 405 g/mol. The standard InChI is InChI=1S/C22H19N3O5/c1-24-14-16(21(28)25(2)22(24)29)8-13-19(26)30-18-11-9-17(10-12-18)23-20(27)15-6-4-3-5-7-15/h3-14H,1-2H3,(H,23,27)/b13-8+. The highest BCUT2D eigenvalue weighted by Gasteiger charge is 2.07. The Kier molecular flexibility index (Phi) is 6.07. The molecule has 0 atom stereocenters. The Hall–Kier alpha value is -4.20. The molecule has 1 aromatic heterocycles. The third kappa shape index (κ3) is 4.79. The van der Waals surface area contributed by atoms with Crippen LogP contribution in [0.2, 0.25) is 0 Å². The number of nitrogens with zero attached hydrogens (tertiary/aromatic N) is 2. The summed E-state index contributed by atoms with van der Waals surface area (Å²) in [5.41, 5.74) is 0.283. The number of nitrogens with one attached hydrogen (secondary N) is 1. The molecule has 0 aliphatic rings. The lowest BCUT2D eigenvalue weighted by molar-refractivity contribution is -0.128. The van der Waals surface area contributed by atoms with Gasteiger partial charge in [0.2, 0.25) is 0 Å². The third-order valence-electron chi connectivity index (χ3n) is 4.24. The number of aromatic nitrogens is 2. The molecule has 8 nitrogen and oxygen atoms in total. The Morgan fingerprint density at radius 1 is 0.967 bits per heavy atom. The fourth-order valence-corrected chi connectivity index (χ4v) is 2.66. The Morgan fingerprint density at radius 2 is 1.63 bits per heavy atom. The van der Waals surface area contributed by atoms with Crippen LogP contribution in [0, 0.1) is 0 Å². The lowest BCUT2D eigenvalue weighted by Crippen LogP contribution is -2.37. The highest BCUT2D eigenvalue weighted by molar-refractivity contribution is 6.04. The molecule has 152 valence electrons. The SMILES string of the molecule is Cn1cc(/C=C/C(=O)Oc2ccc(NC(=O)c3ccccc3)cc2)c(=O)n(C)c1=O. The van der Waals surface area contributed by atoms with Crippen LogP contribution in [-0.2, 0) is 18.9 Å². The van der Waals surface area contributed by atoms with Gasteiger partial charge in [0.05, 0.1) is 5.56 Å². The first-order valence-corrected chi connectivity index (χ1v) is 8.98. The minimum atomic E-state index is -0.688. The molecule has 0 aliphatic heterocycles. The van der Waals surface area contributed by atoms with E-state index in [1.807, 2.05) is 6.07 Å². The second-order valence-electron chi connectivity index (χ2n) is 6.44. The van der Waals surface area contributed by atoms with Gasteiger partial charge in [0.25, 0.3) is 11.5 Å². The van der Waals surface area contributed by atoms with E-state index in [-0.39, 0.29) is 17.2 Å². The Morgan fingerprint density at radius 3 is 2.30 bits per heavy atom. The molecule has 0 radical (unpaired) electrons. The lowest BCUT2D eigenvalue weighted by atomic mass is 10.2. The van der Waals surface area contributed by atoms with Gasteiger partial charge >= 0.3 is 11.7 Å². The van der Waals surface area contributed by atoms with Crippen LogP contribution in [0.3, 0.4) is 0 Å². The summed E-state index contributed by atoms with van der Waals surface area (Å²) in [6.45, 7) is 0. The van der Waals surface area contributed by atoms with Gasteiger partial charge in [-0.3, -0.25) is 14.2 Å². The average Bonchev–Trinajstić information content (AvgIpc) is 2.76. The van der Waals surface area contributed by atoms with E-state index in [1.54, 1.807) is 36.4 Å². The molecular weight excluding hydrogens is 386 g/mol. The maximum Gasteiger partial charge on any atom is 0.336 e. The van der Waals surface area contributed by atoms with Gasteiger partial charge in [-0.2, -0.15) is 0 Å². The van der Waals surface area contributed by atoms with Crippen molar-refractivity contribution in [1.29, 1.82) is 0 Å². The Bertz CT molecular complexity index is 1220. The minimum absolute atomic E-state index is 0.176. The number of amides is 1. The topological polar surface area (TPSA) is 99.4 Å². The summed E-state index contributed by atoms with van der Waals surface area (Å²) in [5.74, 6) is -0.662. The quantitative estimate of drug-likeness (QED) is 0.397. The molecule has 0 bridgehead atoms. The molecule has 1 N–H and O–H groups in total. The molecular formula is C22H19N3O5. The van der Waals surface area contributed by atoms with Gasteiger partial charge in [0, 0.05) is 37.6 Å². The van der Waals surface area contributed by atoms with E-state index in [9.17, 15) is 19.2 Å². The van der Waals surface area contributed by atoms with E-state index in [0.717, 1.165) is 10.6 Å². The minimum Gasteiger partial charge on any atom is -0.423 e. The molecule has 0 saturated heterocycles. The molecule has 0 spiro atoms. The summed E-state index contributed by atoms with van der Waals surface area (Å²) in [6, 6.07) is 15.1. The van der Waals surface area contributed by atoms with Crippen molar-refractivity contribution in [2.75, 3.05) is 5.32 Å². The monoisotopic (exact) mass is 405 g/mol. The van der Waals surface area contributed by atoms with Gasteiger partial charge in [-0.25, -0.2) is 9.59 Å². The first kappa shape index (κ1) is 20.5. The summed E-state index contributed by atoms with van der Waals surface area (Å²) >= 11 is 0. The van der Waals surface area contributed by atoms with Gasteiger partial charge in [0.15, 0.2) is 0 Å². The van der Waals surface area contributed by atoms with Crippen LogP contribution in [0.15, 0.2) is 76.5 Å². The Balaban J connectivity index is 1.64. The summed E-state index contributed by atoms with van der Waals surface area (Å²) in [7, 11) is 2.87. The van der Waals surface area contributed by atoms with Crippen molar-refractivity contribution < 1.29 is 14.3 Å². The molecule has 0 aliphatic carbocycles. The molecule has 0 fully saturated rings. The number of anilines is 1. The normalized spacial score (nSPS) is 10.7. The Labute approximate surface area is 171 Å². The van der Waals surface area contributed by atoms with Gasteiger partial charge in [-0.05, 0) is 42.5 Å². The zero-order valence-corrected chi connectivity index (χ0v) is 16.4. The van der Waals surface area contributed by atoms with E-state index in [4.69, 9.17) is 4.74 Å². The molecule has 0 unspecified atom stereocenters. The second kappa shape index (κ2) is 8.87. The van der Waals surface area contributed by atoms with Crippen LogP contribution >= 0.6 is 0 Å². The van der Waals surface area contributed by atoms with E-state index in [1.165, 1.54) is 43.1 Å². The zero-order valence-electron chi connectivity index (χ0n) is 16.4. The van der Waals surface area contributed by atoms with Gasteiger partial charge in [-0.1, -0.05) is 18.2 Å². The first-order valence-electron chi connectivity index (χ1n) is 8.98. The van der Waals surface area contributed by atoms with Crippen LogP contribution in [0.5, 0.6) is 5.75 Å². The molecule has 8 heteroatoms. The van der Waals surface area contributed by atoms with Crippen molar-refractivity contribution in [2.45, 2.75) is 0 Å². The number of carbonyl (C=O) groups excluding carboxylic acids is 2. The van der Waals surface area contributed by atoms with Crippen LogP contribution < -0.4 is 21.3 Å². The van der Waals surface area contributed by atoms with E-state index >= 15 is 0 Å². The van der Waals surface area contributed by atoms with Crippen LogP contribution in [0.1, 0.15) is 15.9 Å². The molecule has 3 aromatic rings. The van der Waals surface area contributed by atoms with E-state index < -0.39 is 17.2 Å². The molecule has 3 rings (SSSR count). The first-order chi connectivity index (χ1) is 14.3. The van der Waals surface area contributed by atoms with Crippen molar-refractivity contribution in [3.8, 4) is 5.75 Å². The summed E-state index contributed by atoms with van der Waals surface area (Å²) in [4.78, 5) is 47.9. The molecule has 1 amide bonds. The van der Waals surface area contributed by atoms with Crippen molar-refractivity contribution in [3.63, 3.8) is 0 Å². The van der Waals surface area contributed by atoms with Crippen LogP contribution in [0.4, 0.5) is 5.69 Å². The smallest absolute Gasteiger partial charge is 0.336 e.